The third-order valence-corrected chi connectivity index (χ3v) is 4.21. The molecule has 2 rings (SSSR count). The van der Waals surface area contributed by atoms with Crippen molar-refractivity contribution in [2.24, 2.45) is 0 Å². The maximum atomic E-state index is 12.3. The van der Waals surface area contributed by atoms with E-state index in [1.165, 1.54) is 19.2 Å². The van der Waals surface area contributed by atoms with Crippen molar-refractivity contribution in [1.82, 2.24) is 4.72 Å². The fraction of sp³-hybridized carbons (Fsp3) is 0.143. The van der Waals surface area contributed by atoms with Crippen LogP contribution in [0, 0.1) is 0 Å². The Bertz CT molecular complexity index is 685. The lowest BCUT2D eigenvalue weighted by atomic mass is 10.2. The topological polar surface area (TPSA) is 81.4 Å². The normalized spacial score (nSPS) is 11.2. The minimum absolute atomic E-state index is 0.0379. The number of rotatable bonds is 5. The van der Waals surface area contributed by atoms with Gasteiger partial charge in [0.05, 0.1) is 7.11 Å². The van der Waals surface area contributed by atoms with Crippen molar-refractivity contribution in [3.8, 4) is 5.75 Å². The zero-order valence-corrected chi connectivity index (χ0v) is 11.9. The lowest BCUT2D eigenvalue weighted by molar-refractivity contribution is 0.402. The van der Waals surface area contributed by atoms with E-state index in [-0.39, 0.29) is 17.2 Å². The fourth-order valence-corrected chi connectivity index (χ4v) is 2.97. The van der Waals surface area contributed by atoms with Crippen molar-refractivity contribution in [2.45, 2.75) is 11.4 Å². The highest BCUT2D eigenvalue weighted by Crippen LogP contribution is 2.25. The van der Waals surface area contributed by atoms with Gasteiger partial charge in [0, 0.05) is 12.2 Å². The first-order valence-corrected chi connectivity index (χ1v) is 7.48. The van der Waals surface area contributed by atoms with Crippen LogP contribution >= 0.6 is 0 Å². The van der Waals surface area contributed by atoms with E-state index in [2.05, 4.69) is 4.72 Å². The number of nitrogens with two attached hydrogens (primary N) is 1. The highest BCUT2D eigenvalue weighted by molar-refractivity contribution is 7.89. The second kappa shape index (κ2) is 5.94. The van der Waals surface area contributed by atoms with Gasteiger partial charge in [0.25, 0.3) is 0 Å². The van der Waals surface area contributed by atoms with Gasteiger partial charge in [-0.15, -0.1) is 0 Å². The number of nitrogen functional groups attached to an aromatic ring is 1. The molecule has 6 heteroatoms. The van der Waals surface area contributed by atoms with Gasteiger partial charge in [0.1, 0.15) is 10.6 Å². The molecule has 0 atom stereocenters. The Morgan fingerprint density at radius 1 is 1.15 bits per heavy atom. The van der Waals surface area contributed by atoms with Crippen molar-refractivity contribution >= 4 is 15.7 Å². The molecule has 20 heavy (non-hydrogen) atoms. The minimum atomic E-state index is -3.68. The smallest absolute Gasteiger partial charge is 0.244 e. The summed E-state index contributed by atoms with van der Waals surface area (Å²) in [6, 6.07) is 13.8. The summed E-state index contributed by atoms with van der Waals surface area (Å²) in [6.07, 6.45) is 0. The second-order valence-corrected chi connectivity index (χ2v) is 5.96. The summed E-state index contributed by atoms with van der Waals surface area (Å²) >= 11 is 0. The molecule has 106 valence electrons. The Kier molecular flexibility index (Phi) is 4.26. The van der Waals surface area contributed by atoms with Crippen LogP contribution in [0.25, 0.3) is 0 Å². The molecule has 0 radical (unpaired) electrons. The van der Waals surface area contributed by atoms with E-state index in [0.717, 1.165) is 5.56 Å². The predicted molar refractivity (Wildman–Crippen MR) is 77.9 cm³/mol. The zero-order valence-electron chi connectivity index (χ0n) is 11.0. The number of benzene rings is 2. The number of hydrogen-bond donors (Lipinski definition) is 2. The molecule has 0 aromatic heterocycles. The summed E-state index contributed by atoms with van der Waals surface area (Å²) in [5, 5.41) is 0. The molecule has 5 nitrogen and oxygen atoms in total. The van der Waals surface area contributed by atoms with Gasteiger partial charge in [-0.3, -0.25) is 0 Å². The van der Waals surface area contributed by atoms with E-state index < -0.39 is 10.0 Å². The van der Waals surface area contributed by atoms with E-state index in [1.807, 2.05) is 30.3 Å². The molecule has 0 bridgehead atoms. The summed E-state index contributed by atoms with van der Waals surface area (Å²) < 4.78 is 32.2. The standard InChI is InChI=1S/C14H16N2O3S/c1-19-13-8-7-12(15)9-14(13)20(17,18)16-10-11-5-3-2-4-6-11/h2-9,16H,10,15H2,1H3. The van der Waals surface area contributed by atoms with E-state index in [4.69, 9.17) is 10.5 Å². The summed E-state index contributed by atoms with van der Waals surface area (Å²) in [7, 11) is -2.26. The van der Waals surface area contributed by atoms with Crippen molar-refractivity contribution in [3.63, 3.8) is 0 Å². The van der Waals surface area contributed by atoms with Crippen LogP contribution in [0.3, 0.4) is 0 Å². The molecule has 0 aliphatic heterocycles. The summed E-state index contributed by atoms with van der Waals surface area (Å²) in [5.74, 6) is 0.264. The molecule has 0 saturated carbocycles. The third kappa shape index (κ3) is 3.28. The molecule has 2 aromatic carbocycles. The average Bonchev–Trinajstić information content (AvgIpc) is 2.46. The lowest BCUT2D eigenvalue weighted by Gasteiger charge is -2.11. The van der Waals surface area contributed by atoms with Gasteiger partial charge in [-0.25, -0.2) is 13.1 Å². The van der Waals surface area contributed by atoms with Crippen LogP contribution < -0.4 is 15.2 Å². The molecule has 2 aromatic rings. The summed E-state index contributed by atoms with van der Waals surface area (Å²) in [6.45, 7) is 0.209. The number of ether oxygens (including phenoxy) is 1. The van der Waals surface area contributed by atoms with E-state index in [0.29, 0.717) is 5.69 Å². The van der Waals surface area contributed by atoms with Gasteiger partial charge < -0.3 is 10.5 Å². The van der Waals surface area contributed by atoms with Gasteiger partial charge in [-0.1, -0.05) is 30.3 Å². The van der Waals surface area contributed by atoms with Crippen molar-refractivity contribution in [2.75, 3.05) is 12.8 Å². The first-order chi connectivity index (χ1) is 9.53. The second-order valence-electron chi connectivity index (χ2n) is 4.22. The zero-order chi connectivity index (χ0) is 14.6. The van der Waals surface area contributed by atoms with Gasteiger partial charge in [0.2, 0.25) is 10.0 Å². The first-order valence-electron chi connectivity index (χ1n) is 6.00. The molecule has 0 unspecified atom stereocenters. The van der Waals surface area contributed by atoms with Crippen LogP contribution in [0.5, 0.6) is 5.75 Å². The molecule has 0 saturated heterocycles. The Morgan fingerprint density at radius 2 is 1.85 bits per heavy atom. The monoisotopic (exact) mass is 292 g/mol. The van der Waals surface area contributed by atoms with Crippen molar-refractivity contribution in [3.05, 3.63) is 54.1 Å². The Hall–Kier alpha value is -2.05. The molecule has 0 aliphatic rings. The number of nitrogens with one attached hydrogen (secondary N) is 1. The first kappa shape index (κ1) is 14.4. The highest BCUT2D eigenvalue weighted by atomic mass is 32.2. The lowest BCUT2D eigenvalue weighted by Crippen LogP contribution is -2.23. The third-order valence-electron chi connectivity index (χ3n) is 2.79. The Balaban J connectivity index is 2.24. The van der Waals surface area contributed by atoms with Crippen LogP contribution in [0.1, 0.15) is 5.56 Å². The SMILES string of the molecule is COc1ccc(N)cc1S(=O)(=O)NCc1ccccc1. The maximum absolute atomic E-state index is 12.3. The van der Waals surface area contributed by atoms with Crippen LogP contribution in [-0.2, 0) is 16.6 Å². The van der Waals surface area contributed by atoms with Crippen molar-refractivity contribution in [1.29, 1.82) is 0 Å². The number of methoxy groups -OCH3 is 1. The van der Waals surface area contributed by atoms with Crippen LogP contribution in [0.15, 0.2) is 53.4 Å². The molecule has 0 spiro atoms. The van der Waals surface area contributed by atoms with Crippen LogP contribution in [0.4, 0.5) is 5.69 Å². The fourth-order valence-electron chi connectivity index (χ4n) is 1.76. The van der Waals surface area contributed by atoms with E-state index in [9.17, 15) is 8.42 Å². The van der Waals surface area contributed by atoms with Crippen LogP contribution in [0.2, 0.25) is 0 Å². The summed E-state index contributed by atoms with van der Waals surface area (Å²) in [4.78, 5) is 0.0379. The number of hydrogen-bond acceptors (Lipinski definition) is 4. The largest absolute Gasteiger partial charge is 0.495 e. The van der Waals surface area contributed by atoms with Gasteiger partial charge in [0.15, 0.2) is 0 Å². The number of sulfonamides is 1. The average molecular weight is 292 g/mol. The summed E-state index contributed by atoms with van der Waals surface area (Å²) in [5.41, 5.74) is 6.88. The predicted octanol–water partition coefficient (Wildman–Crippen LogP) is 1.76. The van der Waals surface area contributed by atoms with E-state index >= 15 is 0 Å². The molecule has 0 heterocycles. The quantitative estimate of drug-likeness (QED) is 0.823. The molecule has 0 amide bonds. The van der Waals surface area contributed by atoms with Gasteiger partial charge >= 0.3 is 0 Å². The molecule has 3 N–H and O–H groups in total. The molecule has 0 fully saturated rings. The Morgan fingerprint density at radius 3 is 2.50 bits per heavy atom. The Labute approximate surface area is 118 Å². The highest BCUT2D eigenvalue weighted by Gasteiger charge is 2.19. The van der Waals surface area contributed by atoms with E-state index in [1.54, 1.807) is 6.07 Å². The maximum Gasteiger partial charge on any atom is 0.244 e. The van der Waals surface area contributed by atoms with Gasteiger partial charge in [-0.2, -0.15) is 0 Å². The molecular weight excluding hydrogens is 276 g/mol. The van der Waals surface area contributed by atoms with Crippen molar-refractivity contribution < 1.29 is 13.2 Å². The molecular formula is C14H16N2O3S. The minimum Gasteiger partial charge on any atom is -0.495 e. The molecule has 0 aliphatic carbocycles. The van der Waals surface area contributed by atoms with Gasteiger partial charge in [-0.05, 0) is 23.8 Å². The number of anilines is 1. The van der Waals surface area contributed by atoms with Crippen LogP contribution in [-0.4, -0.2) is 15.5 Å².